The molecule has 0 saturated carbocycles. The van der Waals surface area contributed by atoms with Crippen molar-refractivity contribution in [3.8, 4) is 0 Å². The van der Waals surface area contributed by atoms with Gasteiger partial charge in [0.2, 0.25) is 0 Å². The van der Waals surface area contributed by atoms with Gasteiger partial charge in [-0.1, -0.05) is 6.07 Å². The number of nitrogens with one attached hydrogen (secondary N) is 1. The molecule has 0 aliphatic rings. The molecule has 4 heteroatoms. The van der Waals surface area contributed by atoms with Gasteiger partial charge in [-0.25, -0.2) is 0 Å². The maximum Gasteiger partial charge on any atom is 0.0543 e. The lowest BCUT2D eigenvalue weighted by Gasteiger charge is -2.24. The van der Waals surface area contributed by atoms with Crippen LogP contribution >= 0.6 is 0 Å². The Labute approximate surface area is 110 Å². The number of hydrogen-bond acceptors (Lipinski definition) is 4. The molecular weight excluding hydrogens is 226 g/mol. The summed E-state index contributed by atoms with van der Waals surface area (Å²) >= 11 is 0. The molecule has 0 radical (unpaired) electrons. The summed E-state index contributed by atoms with van der Waals surface area (Å²) in [6, 6.07) is 6.54. The van der Waals surface area contributed by atoms with E-state index in [-0.39, 0.29) is 0 Å². The largest absolute Gasteiger partial charge is 0.385 e. The number of hydrogen-bond donors (Lipinski definition) is 1. The second-order valence-corrected chi connectivity index (χ2v) is 4.64. The van der Waals surface area contributed by atoms with Gasteiger partial charge in [0.25, 0.3) is 0 Å². The number of ether oxygens (including phenoxy) is 1. The highest BCUT2D eigenvalue weighted by Crippen LogP contribution is 2.02. The van der Waals surface area contributed by atoms with Crippen molar-refractivity contribution in [1.82, 2.24) is 15.2 Å². The lowest BCUT2D eigenvalue weighted by molar-refractivity contribution is 0.191. The first-order chi connectivity index (χ1) is 8.74. The summed E-state index contributed by atoms with van der Waals surface area (Å²) in [6.45, 7) is 5.95. The zero-order chi connectivity index (χ0) is 13.2. The third-order valence-electron chi connectivity index (χ3n) is 3.03. The summed E-state index contributed by atoms with van der Waals surface area (Å²) in [5.41, 5.74) is 1.12. The first-order valence-electron chi connectivity index (χ1n) is 6.54. The molecule has 0 spiro atoms. The second-order valence-electron chi connectivity index (χ2n) is 4.64. The smallest absolute Gasteiger partial charge is 0.0543 e. The number of likely N-dealkylation sites (N-methyl/N-ethyl adjacent to an activating group) is 1. The van der Waals surface area contributed by atoms with Crippen LogP contribution in [-0.4, -0.2) is 49.8 Å². The monoisotopic (exact) mass is 251 g/mol. The Bertz CT molecular complexity index is 305. The van der Waals surface area contributed by atoms with Crippen molar-refractivity contribution in [2.75, 3.05) is 33.9 Å². The molecule has 1 aromatic heterocycles. The van der Waals surface area contributed by atoms with Crippen molar-refractivity contribution in [3.05, 3.63) is 30.1 Å². The van der Waals surface area contributed by atoms with Gasteiger partial charge in [-0.3, -0.25) is 9.88 Å². The fourth-order valence-corrected chi connectivity index (χ4v) is 1.71. The van der Waals surface area contributed by atoms with Crippen LogP contribution in [0.5, 0.6) is 0 Å². The SMILES string of the molecule is COCCCNCC(C)N(C)Cc1ccccn1. The normalized spacial score (nSPS) is 12.9. The Kier molecular flexibility index (Phi) is 7.57. The average Bonchev–Trinajstić information content (AvgIpc) is 2.39. The van der Waals surface area contributed by atoms with E-state index in [1.165, 1.54) is 0 Å². The van der Waals surface area contributed by atoms with E-state index in [0.717, 1.165) is 38.4 Å². The molecule has 0 bridgehead atoms. The van der Waals surface area contributed by atoms with E-state index in [9.17, 15) is 0 Å². The van der Waals surface area contributed by atoms with E-state index in [4.69, 9.17) is 4.74 Å². The molecule has 0 aliphatic carbocycles. The molecule has 4 nitrogen and oxygen atoms in total. The van der Waals surface area contributed by atoms with Gasteiger partial charge in [-0.05, 0) is 39.1 Å². The molecule has 1 rings (SSSR count). The van der Waals surface area contributed by atoms with Crippen molar-refractivity contribution in [1.29, 1.82) is 0 Å². The minimum absolute atomic E-state index is 0.495. The fourth-order valence-electron chi connectivity index (χ4n) is 1.71. The summed E-state index contributed by atoms with van der Waals surface area (Å²) in [5.74, 6) is 0. The third kappa shape index (κ3) is 6.10. The predicted octanol–water partition coefficient (Wildman–Crippen LogP) is 1.53. The van der Waals surface area contributed by atoms with Gasteiger partial charge in [0, 0.05) is 39.0 Å². The number of pyridine rings is 1. The minimum atomic E-state index is 0.495. The van der Waals surface area contributed by atoms with E-state index in [2.05, 4.69) is 35.2 Å². The molecule has 18 heavy (non-hydrogen) atoms. The van der Waals surface area contributed by atoms with E-state index >= 15 is 0 Å². The van der Waals surface area contributed by atoms with E-state index in [0.29, 0.717) is 6.04 Å². The van der Waals surface area contributed by atoms with Crippen LogP contribution < -0.4 is 5.32 Å². The Hall–Kier alpha value is -0.970. The lowest BCUT2D eigenvalue weighted by atomic mass is 10.2. The summed E-state index contributed by atoms with van der Waals surface area (Å²) in [7, 11) is 3.87. The molecule has 1 unspecified atom stereocenters. The topological polar surface area (TPSA) is 37.4 Å². The number of nitrogens with zero attached hydrogens (tertiary/aromatic N) is 2. The van der Waals surface area contributed by atoms with Crippen LogP contribution in [0.25, 0.3) is 0 Å². The number of rotatable bonds is 9. The average molecular weight is 251 g/mol. The van der Waals surface area contributed by atoms with Crippen LogP contribution in [0.4, 0.5) is 0 Å². The highest BCUT2D eigenvalue weighted by atomic mass is 16.5. The van der Waals surface area contributed by atoms with Crippen LogP contribution in [0.2, 0.25) is 0 Å². The van der Waals surface area contributed by atoms with E-state index < -0.39 is 0 Å². The van der Waals surface area contributed by atoms with Crippen molar-refractivity contribution < 1.29 is 4.74 Å². The van der Waals surface area contributed by atoms with Crippen LogP contribution in [0, 0.1) is 0 Å². The van der Waals surface area contributed by atoms with Gasteiger partial charge < -0.3 is 10.1 Å². The van der Waals surface area contributed by atoms with Crippen molar-refractivity contribution in [2.24, 2.45) is 0 Å². The highest BCUT2D eigenvalue weighted by Gasteiger charge is 2.09. The van der Waals surface area contributed by atoms with Gasteiger partial charge in [-0.2, -0.15) is 0 Å². The number of methoxy groups -OCH3 is 1. The highest BCUT2D eigenvalue weighted by molar-refractivity contribution is 5.03. The molecule has 0 fully saturated rings. The van der Waals surface area contributed by atoms with Crippen LogP contribution in [-0.2, 0) is 11.3 Å². The Morgan fingerprint density at radius 3 is 2.94 bits per heavy atom. The van der Waals surface area contributed by atoms with Gasteiger partial charge >= 0.3 is 0 Å². The minimum Gasteiger partial charge on any atom is -0.385 e. The zero-order valence-electron chi connectivity index (χ0n) is 11.7. The third-order valence-corrected chi connectivity index (χ3v) is 3.03. The van der Waals surface area contributed by atoms with Gasteiger partial charge in [0.1, 0.15) is 0 Å². The molecular formula is C14H25N3O. The molecule has 102 valence electrons. The zero-order valence-corrected chi connectivity index (χ0v) is 11.7. The maximum atomic E-state index is 5.02. The van der Waals surface area contributed by atoms with Crippen LogP contribution in [0.1, 0.15) is 19.0 Å². The Morgan fingerprint density at radius 2 is 2.28 bits per heavy atom. The Morgan fingerprint density at radius 1 is 1.44 bits per heavy atom. The van der Waals surface area contributed by atoms with Crippen molar-refractivity contribution >= 4 is 0 Å². The standard InChI is InChI=1S/C14H25N3O/c1-13(11-15-8-6-10-18-3)17(2)12-14-7-4-5-9-16-14/h4-5,7,9,13,15H,6,8,10-12H2,1-3H3. The predicted molar refractivity (Wildman–Crippen MR) is 74.5 cm³/mol. The molecule has 1 atom stereocenters. The molecule has 1 N–H and O–H groups in total. The summed E-state index contributed by atoms with van der Waals surface area (Å²) in [5, 5.41) is 3.44. The first kappa shape index (κ1) is 15.1. The molecule has 0 saturated heterocycles. The molecule has 0 aromatic carbocycles. The lowest BCUT2D eigenvalue weighted by Crippen LogP contribution is -2.38. The van der Waals surface area contributed by atoms with E-state index in [1.807, 2.05) is 18.3 Å². The number of aromatic nitrogens is 1. The molecule has 0 aliphatic heterocycles. The maximum absolute atomic E-state index is 5.02. The van der Waals surface area contributed by atoms with Crippen LogP contribution in [0.3, 0.4) is 0 Å². The molecule has 1 aromatic rings. The van der Waals surface area contributed by atoms with Crippen molar-refractivity contribution in [2.45, 2.75) is 25.9 Å². The summed E-state index contributed by atoms with van der Waals surface area (Å²) < 4.78 is 5.02. The second kappa shape index (κ2) is 9.03. The Balaban J connectivity index is 2.18. The van der Waals surface area contributed by atoms with Crippen molar-refractivity contribution in [3.63, 3.8) is 0 Å². The summed E-state index contributed by atoms with van der Waals surface area (Å²) in [4.78, 5) is 6.65. The summed E-state index contributed by atoms with van der Waals surface area (Å²) in [6.07, 6.45) is 2.91. The first-order valence-corrected chi connectivity index (χ1v) is 6.54. The van der Waals surface area contributed by atoms with Crippen LogP contribution in [0.15, 0.2) is 24.4 Å². The quantitative estimate of drug-likeness (QED) is 0.675. The van der Waals surface area contributed by atoms with Gasteiger partial charge in [0.15, 0.2) is 0 Å². The van der Waals surface area contributed by atoms with E-state index in [1.54, 1.807) is 7.11 Å². The van der Waals surface area contributed by atoms with Gasteiger partial charge in [0.05, 0.1) is 5.69 Å². The molecule has 0 amide bonds. The fraction of sp³-hybridized carbons (Fsp3) is 0.643. The molecule has 1 heterocycles. The van der Waals surface area contributed by atoms with Gasteiger partial charge in [-0.15, -0.1) is 0 Å².